The maximum Gasteiger partial charge on any atom is 0.192 e. The lowest BCUT2D eigenvalue weighted by Crippen LogP contribution is -2.54. The zero-order chi connectivity index (χ0) is 31.0. The Hall–Kier alpha value is -3.48. The molecule has 7 heteroatoms. The quantitative estimate of drug-likeness (QED) is 0.0288. The fraction of sp³-hybridized carbons (Fsp3) is 0.417. The Morgan fingerprint density at radius 1 is 0.930 bits per heavy atom. The van der Waals surface area contributed by atoms with Gasteiger partial charge in [0.1, 0.15) is 11.9 Å². The molecule has 0 heterocycles. The van der Waals surface area contributed by atoms with Crippen molar-refractivity contribution in [2.24, 2.45) is 16.4 Å². The van der Waals surface area contributed by atoms with E-state index in [1.54, 1.807) is 0 Å². The highest BCUT2D eigenvalue weighted by Crippen LogP contribution is 2.48. The maximum absolute atomic E-state index is 13.4. The number of rotatable bonds is 13. The summed E-state index contributed by atoms with van der Waals surface area (Å²) in [5.41, 5.74) is 10.3. The molecule has 6 nitrogen and oxygen atoms in total. The summed E-state index contributed by atoms with van der Waals surface area (Å²) in [5.74, 6) is -0.147. The van der Waals surface area contributed by atoms with Gasteiger partial charge in [-0.3, -0.25) is 0 Å². The number of aldehydes is 1. The average molecular weight is 596 g/mol. The number of carbonyl (C=O) groups is 1. The van der Waals surface area contributed by atoms with Crippen molar-refractivity contribution in [1.29, 1.82) is 0 Å². The van der Waals surface area contributed by atoms with Crippen molar-refractivity contribution in [3.63, 3.8) is 0 Å². The first-order valence-corrected chi connectivity index (χ1v) is 18.1. The third kappa shape index (κ3) is 6.86. The van der Waals surface area contributed by atoms with Gasteiger partial charge in [-0.1, -0.05) is 129 Å². The number of hydrogen-bond acceptors (Lipinski definition) is 4. The molecule has 0 saturated heterocycles. The van der Waals surface area contributed by atoms with E-state index in [4.69, 9.17) is 14.7 Å². The molecule has 0 fully saturated rings. The zero-order valence-electron chi connectivity index (χ0n) is 26.1. The lowest BCUT2D eigenvalue weighted by Gasteiger charge is -2.49. The van der Waals surface area contributed by atoms with Gasteiger partial charge < -0.3 is 14.0 Å². The first kappa shape index (κ1) is 32.4. The van der Waals surface area contributed by atoms with Crippen LogP contribution in [-0.4, -0.2) is 33.9 Å². The van der Waals surface area contributed by atoms with Gasteiger partial charge in [-0.05, 0) is 59.6 Å². The van der Waals surface area contributed by atoms with Crippen LogP contribution >= 0.6 is 0 Å². The monoisotopic (exact) mass is 595 g/mol. The smallest absolute Gasteiger partial charge is 0.192 e. The van der Waals surface area contributed by atoms with Crippen LogP contribution in [0.25, 0.3) is 10.4 Å². The van der Waals surface area contributed by atoms with Crippen LogP contribution < -0.4 is 0 Å². The molecular formula is C36H45N3O3Si. The van der Waals surface area contributed by atoms with Gasteiger partial charge in [0.2, 0.25) is 0 Å². The van der Waals surface area contributed by atoms with Crippen molar-refractivity contribution in [2.75, 3.05) is 13.2 Å². The lowest BCUT2D eigenvalue weighted by molar-refractivity contribution is -0.132. The molecule has 0 aromatic heterocycles. The van der Waals surface area contributed by atoms with Gasteiger partial charge >= 0.3 is 0 Å². The summed E-state index contributed by atoms with van der Waals surface area (Å²) < 4.78 is 14.2. The van der Waals surface area contributed by atoms with E-state index in [9.17, 15) is 4.79 Å². The molecule has 226 valence electrons. The molecule has 1 aliphatic carbocycles. The number of carbonyl (C=O) groups excluding carboxylic acids is 1. The number of hydrogen-bond donors (Lipinski definition) is 0. The molecule has 3 aromatic rings. The average Bonchev–Trinajstić information content (AvgIpc) is 3.01. The van der Waals surface area contributed by atoms with Crippen molar-refractivity contribution in [1.82, 2.24) is 0 Å². The molecule has 0 N–H and O–H groups in total. The topological polar surface area (TPSA) is 84.3 Å². The van der Waals surface area contributed by atoms with E-state index in [1.165, 1.54) is 0 Å². The summed E-state index contributed by atoms with van der Waals surface area (Å²) in [6.07, 6.45) is 6.76. The summed E-state index contributed by atoms with van der Waals surface area (Å²) >= 11 is 0. The molecular weight excluding hydrogens is 551 g/mol. The molecule has 0 saturated carbocycles. The van der Waals surface area contributed by atoms with Gasteiger partial charge in [-0.25, -0.2) is 0 Å². The van der Waals surface area contributed by atoms with Gasteiger partial charge in [0.15, 0.2) is 8.32 Å². The van der Waals surface area contributed by atoms with Gasteiger partial charge in [0.05, 0.1) is 18.1 Å². The van der Waals surface area contributed by atoms with Gasteiger partial charge in [0.25, 0.3) is 0 Å². The maximum atomic E-state index is 13.4. The van der Waals surface area contributed by atoms with Gasteiger partial charge in [-0.2, -0.15) is 0 Å². The van der Waals surface area contributed by atoms with E-state index in [1.807, 2.05) is 54.6 Å². The summed E-state index contributed by atoms with van der Waals surface area (Å²) in [4.78, 5) is 16.3. The highest BCUT2D eigenvalue weighted by atomic mass is 28.4. The number of benzene rings is 3. The van der Waals surface area contributed by atoms with Gasteiger partial charge in [0, 0.05) is 17.4 Å². The number of ether oxygens (including phenoxy) is 1. The molecule has 0 unspecified atom stereocenters. The van der Waals surface area contributed by atoms with Crippen LogP contribution in [0.3, 0.4) is 0 Å². The Bertz CT molecular complexity index is 1300. The minimum atomic E-state index is -2.23. The number of nitrogens with zero attached hydrogens (tertiary/aromatic N) is 3. The Morgan fingerprint density at radius 2 is 1.44 bits per heavy atom. The van der Waals surface area contributed by atoms with E-state index in [0.29, 0.717) is 32.4 Å². The van der Waals surface area contributed by atoms with E-state index in [0.717, 1.165) is 23.0 Å². The molecule has 0 radical (unpaired) electrons. The first-order valence-electron chi connectivity index (χ1n) is 15.2. The molecule has 3 atom stereocenters. The van der Waals surface area contributed by atoms with E-state index < -0.39 is 19.3 Å². The van der Waals surface area contributed by atoms with Crippen molar-refractivity contribution in [3.8, 4) is 0 Å². The Kier molecular flexibility index (Phi) is 10.5. The van der Waals surface area contributed by atoms with Crippen molar-refractivity contribution >= 4 is 14.6 Å². The van der Waals surface area contributed by atoms with Gasteiger partial charge in [-0.15, -0.1) is 0 Å². The zero-order valence-corrected chi connectivity index (χ0v) is 27.1. The Balaban J connectivity index is 1.80. The second-order valence-corrected chi connectivity index (χ2v) is 17.8. The Morgan fingerprint density at radius 3 is 1.88 bits per heavy atom. The molecule has 0 spiro atoms. The first-order chi connectivity index (χ1) is 20.6. The molecule has 0 bridgehead atoms. The number of azide groups is 1. The van der Waals surface area contributed by atoms with Crippen LogP contribution in [0.4, 0.5) is 0 Å². The normalized spacial score (nSPS) is 20.8. The second-order valence-electron chi connectivity index (χ2n) is 13.0. The third-order valence-corrected chi connectivity index (χ3v) is 13.9. The summed E-state index contributed by atoms with van der Waals surface area (Å²) in [6, 6.07) is 30.9. The highest BCUT2D eigenvalue weighted by Gasteiger charge is 2.51. The SMILES string of the molecule is CC(C)(C)[Si](C)(C)O[C@@H]1C=CC[C@H](COC(c2ccccc2)(c2ccccc2)c2ccccc2)[C@@]1(C=O)CCCN=[N+]=[N-]. The molecule has 1 aliphatic rings. The fourth-order valence-corrected chi connectivity index (χ4v) is 7.21. The van der Waals surface area contributed by atoms with Crippen molar-refractivity contribution < 1.29 is 14.0 Å². The van der Waals surface area contributed by atoms with Crippen molar-refractivity contribution in [2.45, 2.75) is 69.9 Å². The Labute approximate surface area is 257 Å². The fourth-order valence-electron chi connectivity index (χ4n) is 5.93. The molecule has 0 amide bonds. The minimum absolute atomic E-state index is 0.0207. The van der Waals surface area contributed by atoms with Crippen LogP contribution in [0.15, 0.2) is 108 Å². The van der Waals surface area contributed by atoms with E-state index in [2.05, 4.69) is 92.4 Å². The third-order valence-electron chi connectivity index (χ3n) is 9.44. The van der Waals surface area contributed by atoms with Crippen LogP contribution in [0.5, 0.6) is 0 Å². The predicted molar refractivity (Wildman–Crippen MR) is 176 cm³/mol. The molecule has 3 aromatic carbocycles. The van der Waals surface area contributed by atoms with E-state index in [-0.39, 0.29) is 17.1 Å². The molecule has 0 aliphatic heterocycles. The minimum Gasteiger partial charge on any atom is -0.410 e. The van der Waals surface area contributed by atoms with Crippen LogP contribution in [0, 0.1) is 11.3 Å². The van der Waals surface area contributed by atoms with Crippen LogP contribution in [-0.2, 0) is 19.6 Å². The number of allylic oxidation sites excluding steroid dienone is 1. The summed E-state index contributed by atoms with van der Waals surface area (Å²) in [5, 5.41) is 3.75. The summed E-state index contributed by atoms with van der Waals surface area (Å²) in [6.45, 7) is 11.8. The lowest BCUT2D eigenvalue weighted by atomic mass is 9.65. The van der Waals surface area contributed by atoms with Crippen LogP contribution in [0.1, 0.15) is 56.7 Å². The highest BCUT2D eigenvalue weighted by molar-refractivity contribution is 6.74. The summed E-state index contributed by atoms with van der Waals surface area (Å²) in [7, 11) is -2.23. The molecule has 4 rings (SSSR count). The van der Waals surface area contributed by atoms with Crippen LogP contribution in [0.2, 0.25) is 18.1 Å². The second kappa shape index (κ2) is 13.9. The standard InChI is InChI=1S/C36H45N3O3Si/c1-34(2,3)43(4,5)42-33-24-15-23-32(35(33,28-40)25-16-26-38-39-37)27-41-36(29-17-9-6-10-18-29,30-19-11-7-12-20-30)31-21-13-8-14-22-31/h6-15,17-22,24,28,32-33H,16,23,25-27H2,1-5H3/t32-,33-,35+/m1/s1. The largest absolute Gasteiger partial charge is 0.410 e. The van der Waals surface area contributed by atoms with E-state index >= 15 is 0 Å². The van der Waals surface area contributed by atoms with Crippen molar-refractivity contribution in [3.05, 3.63) is 130 Å². The molecule has 43 heavy (non-hydrogen) atoms. The predicted octanol–water partition coefficient (Wildman–Crippen LogP) is 9.24.